The van der Waals surface area contributed by atoms with Crippen LogP contribution in [0.2, 0.25) is 0 Å². The van der Waals surface area contributed by atoms with Crippen molar-refractivity contribution in [1.29, 1.82) is 0 Å². The maximum absolute atomic E-state index is 12.7. The smallest absolute Gasteiger partial charge is 0.320 e. The van der Waals surface area contributed by atoms with Crippen molar-refractivity contribution in [2.24, 2.45) is 0 Å². The lowest BCUT2D eigenvalue weighted by Crippen LogP contribution is -2.42. The first-order chi connectivity index (χ1) is 14.0. The van der Waals surface area contributed by atoms with Gasteiger partial charge >= 0.3 is 6.03 Å². The Morgan fingerprint density at radius 2 is 2.00 bits per heavy atom. The molecule has 29 heavy (non-hydrogen) atoms. The van der Waals surface area contributed by atoms with Crippen molar-refractivity contribution in [3.63, 3.8) is 0 Å². The van der Waals surface area contributed by atoms with E-state index in [1.165, 1.54) is 5.56 Å². The van der Waals surface area contributed by atoms with Gasteiger partial charge in [-0.15, -0.1) is 0 Å². The van der Waals surface area contributed by atoms with Gasteiger partial charge in [-0.05, 0) is 31.0 Å². The van der Waals surface area contributed by atoms with E-state index in [9.17, 15) is 9.59 Å². The van der Waals surface area contributed by atoms with Gasteiger partial charge in [0.1, 0.15) is 5.82 Å². The minimum Gasteiger partial charge on any atom is -0.320 e. The maximum atomic E-state index is 12.7. The number of aryl methyl sites for hydroxylation is 2. The fraction of sp³-hybridized carbons (Fsp3) is 0.261. The molecule has 2 aromatic carbocycles. The van der Waals surface area contributed by atoms with E-state index in [-0.39, 0.29) is 18.1 Å². The van der Waals surface area contributed by atoms with Crippen LogP contribution in [0.1, 0.15) is 33.8 Å². The highest BCUT2D eigenvalue weighted by atomic mass is 16.2. The summed E-state index contributed by atoms with van der Waals surface area (Å²) >= 11 is 0. The third-order valence-corrected chi connectivity index (χ3v) is 5.25. The minimum absolute atomic E-state index is 0.161. The first-order valence-corrected chi connectivity index (χ1v) is 9.77. The van der Waals surface area contributed by atoms with Crippen LogP contribution < -0.4 is 10.9 Å². The van der Waals surface area contributed by atoms with Gasteiger partial charge < -0.3 is 15.2 Å². The Morgan fingerprint density at radius 1 is 1.17 bits per heavy atom. The second-order valence-electron chi connectivity index (χ2n) is 7.52. The average molecular weight is 388 g/mol. The Kier molecular flexibility index (Phi) is 5.16. The number of para-hydroxylation sites is 1. The number of hydrogen-bond donors (Lipinski definition) is 2. The average Bonchev–Trinajstić information content (AvgIpc) is 2.69. The zero-order chi connectivity index (χ0) is 20.4. The quantitative estimate of drug-likeness (QED) is 0.720. The molecule has 2 N–H and O–H groups in total. The number of rotatable bonds is 3. The summed E-state index contributed by atoms with van der Waals surface area (Å²) in [5, 5.41) is 2.93. The summed E-state index contributed by atoms with van der Waals surface area (Å²) in [5.41, 5.74) is 5.27. The number of nitrogens with one attached hydrogen (secondary N) is 2. The van der Waals surface area contributed by atoms with E-state index in [0.717, 1.165) is 22.5 Å². The number of benzene rings is 2. The van der Waals surface area contributed by atoms with Crippen molar-refractivity contribution < 1.29 is 4.79 Å². The van der Waals surface area contributed by atoms with Crippen molar-refractivity contribution in [2.45, 2.75) is 33.2 Å². The zero-order valence-corrected chi connectivity index (χ0v) is 16.7. The molecule has 1 aliphatic rings. The van der Waals surface area contributed by atoms with Gasteiger partial charge in [-0.1, -0.05) is 48.0 Å². The first kappa shape index (κ1) is 18.9. The van der Waals surface area contributed by atoms with Gasteiger partial charge in [0.25, 0.3) is 5.56 Å². The molecule has 0 spiro atoms. The van der Waals surface area contributed by atoms with Crippen LogP contribution in [0, 0.1) is 13.8 Å². The van der Waals surface area contributed by atoms with Crippen LogP contribution in [0.25, 0.3) is 0 Å². The summed E-state index contributed by atoms with van der Waals surface area (Å²) in [4.78, 5) is 34.6. The van der Waals surface area contributed by atoms with E-state index in [0.29, 0.717) is 30.8 Å². The Morgan fingerprint density at radius 3 is 2.79 bits per heavy atom. The fourth-order valence-corrected chi connectivity index (χ4v) is 3.66. The number of fused-ring (bicyclic) bond motifs is 1. The second-order valence-corrected chi connectivity index (χ2v) is 7.52. The molecule has 1 aromatic heterocycles. The minimum atomic E-state index is -0.201. The van der Waals surface area contributed by atoms with Crippen molar-refractivity contribution in [2.75, 3.05) is 11.9 Å². The molecule has 0 saturated carbocycles. The maximum Gasteiger partial charge on any atom is 0.322 e. The molecule has 1 aliphatic heterocycles. The molecule has 2 heterocycles. The molecular weight excluding hydrogens is 364 g/mol. The molecule has 148 valence electrons. The van der Waals surface area contributed by atoms with Crippen LogP contribution >= 0.6 is 0 Å². The molecule has 0 aliphatic carbocycles. The summed E-state index contributed by atoms with van der Waals surface area (Å²) in [7, 11) is 0. The summed E-state index contributed by atoms with van der Waals surface area (Å²) in [6, 6.07) is 15.6. The number of amides is 2. The number of carbonyl (C=O) groups is 1. The van der Waals surface area contributed by atoms with Crippen molar-refractivity contribution in [3.8, 4) is 0 Å². The monoisotopic (exact) mass is 388 g/mol. The molecule has 0 unspecified atom stereocenters. The second kappa shape index (κ2) is 7.91. The number of carbonyl (C=O) groups excluding carboxylic acids is 1. The summed E-state index contributed by atoms with van der Waals surface area (Å²) in [5.74, 6) is 0.664. The predicted molar refractivity (Wildman–Crippen MR) is 113 cm³/mol. The number of aromatic amines is 1. The van der Waals surface area contributed by atoms with Gasteiger partial charge in [-0.3, -0.25) is 4.79 Å². The fourth-order valence-electron chi connectivity index (χ4n) is 3.66. The van der Waals surface area contributed by atoms with Crippen molar-refractivity contribution in [1.82, 2.24) is 14.9 Å². The molecule has 0 saturated heterocycles. The van der Waals surface area contributed by atoms with E-state index in [1.807, 2.05) is 56.3 Å². The SMILES string of the molecule is Cc1cccc(Cc2nc3c(c(=O)[nH]2)CN(C(=O)Nc2ccccc2C)CC3)c1. The lowest BCUT2D eigenvalue weighted by Gasteiger charge is -2.28. The predicted octanol–water partition coefficient (Wildman–Crippen LogP) is 3.57. The number of anilines is 1. The summed E-state index contributed by atoms with van der Waals surface area (Å²) in [6.45, 7) is 4.79. The molecule has 2 amide bonds. The Bertz CT molecular complexity index is 1120. The molecule has 0 radical (unpaired) electrons. The van der Waals surface area contributed by atoms with E-state index < -0.39 is 0 Å². The molecule has 3 aromatic rings. The van der Waals surface area contributed by atoms with Gasteiger partial charge in [0, 0.05) is 25.1 Å². The molecule has 0 fully saturated rings. The topological polar surface area (TPSA) is 78.1 Å². The Hall–Kier alpha value is -3.41. The van der Waals surface area contributed by atoms with Gasteiger partial charge in [0.15, 0.2) is 0 Å². The van der Waals surface area contributed by atoms with E-state index in [1.54, 1.807) is 4.90 Å². The first-order valence-electron chi connectivity index (χ1n) is 9.77. The summed E-state index contributed by atoms with van der Waals surface area (Å²) < 4.78 is 0. The van der Waals surface area contributed by atoms with Crippen LogP contribution in [-0.2, 0) is 19.4 Å². The highest BCUT2D eigenvalue weighted by Crippen LogP contribution is 2.18. The molecular formula is C23H24N4O2. The molecule has 0 bridgehead atoms. The van der Waals surface area contributed by atoms with Crippen LogP contribution in [0.5, 0.6) is 0 Å². The lowest BCUT2D eigenvalue weighted by molar-refractivity contribution is 0.205. The number of H-pyrrole nitrogens is 1. The number of aromatic nitrogens is 2. The molecule has 0 atom stereocenters. The van der Waals surface area contributed by atoms with E-state index in [2.05, 4.69) is 21.4 Å². The molecule has 6 nitrogen and oxygen atoms in total. The molecule has 4 rings (SSSR count). The van der Waals surface area contributed by atoms with E-state index in [4.69, 9.17) is 0 Å². The van der Waals surface area contributed by atoms with Gasteiger partial charge in [-0.2, -0.15) is 0 Å². The van der Waals surface area contributed by atoms with Crippen LogP contribution in [0.4, 0.5) is 10.5 Å². The lowest BCUT2D eigenvalue weighted by atomic mass is 10.1. The number of hydrogen-bond acceptors (Lipinski definition) is 3. The third-order valence-electron chi connectivity index (χ3n) is 5.25. The van der Waals surface area contributed by atoms with Crippen molar-refractivity contribution >= 4 is 11.7 Å². The van der Waals surface area contributed by atoms with E-state index >= 15 is 0 Å². The number of nitrogens with zero attached hydrogens (tertiary/aromatic N) is 2. The van der Waals surface area contributed by atoms with Gasteiger partial charge in [0.05, 0.1) is 17.8 Å². The highest BCUT2D eigenvalue weighted by Gasteiger charge is 2.24. The normalized spacial score (nSPS) is 13.1. The van der Waals surface area contributed by atoms with Crippen molar-refractivity contribution in [3.05, 3.63) is 92.7 Å². The van der Waals surface area contributed by atoms with Crippen LogP contribution in [-0.4, -0.2) is 27.4 Å². The zero-order valence-electron chi connectivity index (χ0n) is 16.7. The van der Waals surface area contributed by atoms with Gasteiger partial charge in [0.2, 0.25) is 0 Å². The summed E-state index contributed by atoms with van der Waals surface area (Å²) in [6.07, 6.45) is 1.16. The standard InChI is InChI=1S/C23H24N4O2/c1-15-6-5-8-17(12-15)13-21-24-20-10-11-27(14-18(20)22(28)26-21)23(29)25-19-9-4-3-7-16(19)2/h3-9,12H,10-11,13-14H2,1-2H3,(H,25,29)(H,24,26,28). The highest BCUT2D eigenvalue weighted by molar-refractivity contribution is 5.90. The molecule has 6 heteroatoms. The Balaban J connectivity index is 1.50. The largest absolute Gasteiger partial charge is 0.322 e. The third kappa shape index (κ3) is 4.21. The number of urea groups is 1. The van der Waals surface area contributed by atoms with Crippen LogP contribution in [0.3, 0.4) is 0 Å². The Labute approximate surface area is 169 Å². The van der Waals surface area contributed by atoms with Gasteiger partial charge in [-0.25, -0.2) is 9.78 Å². The van der Waals surface area contributed by atoms with Crippen LogP contribution in [0.15, 0.2) is 53.3 Å².